The van der Waals surface area contributed by atoms with Crippen molar-refractivity contribution in [1.82, 2.24) is 4.98 Å². The lowest BCUT2D eigenvalue weighted by Gasteiger charge is -2.03. The lowest BCUT2D eigenvalue weighted by atomic mass is 10.2. The lowest BCUT2D eigenvalue weighted by Crippen LogP contribution is -2.03. The van der Waals surface area contributed by atoms with Gasteiger partial charge in [-0.25, -0.2) is 4.98 Å². The normalized spacial score (nSPS) is 9.31. The summed E-state index contributed by atoms with van der Waals surface area (Å²) in [5.74, 6) is 0.380. The number of hydrogen-bond donors (Lipinski definition) is 1. The summed E-state index contributed by atoms with van der Waals surface area (Å²) >= 11 is 0. The van der Waals surface area contributed by atoms with E-state index in [4.69, 9.17) is 15.1 Å². The molecule has 0 aliphatic carbocycles. The Bertz CT molecular complexity index is 331. The topological polar surface area (TPSA) is 66.1 Å². The first-order valence-electron chi connectivity index (χ1n) is 3.88. The summed E-state index contributed by atoms with van der Waals surface area (Å²) in [6.07, 6.45) is 0. The maximum Gasteiger partial charge on any atom is 0.214 e. The number of rotatable bonds is 3. The van der Waals surface area contributed by atoms with E-state index in [1.807, 2.05) is 6.07 Å². The summed E-state index contributed by atoms with van der Waals surface area (Å²) in [7, 11) is 0. The van der Waals surface area contributed by atoms with Gasteiger partial charge in [0.25, 0.3) is 0 Å². The van der Waals surface area contributed by atoms with Crippen LogP contribution in [0.4, 0.5) is 0 Å². The molecule has 0 radical (unpaired) electrons. The van der Waals surface area contributed by atoms with Crippen LogP contribution in [0.25, 0.3) is 0 Å². The molecule has 0 spiro atoms. The first kappa shape index (κ1) is 9.49. The molecule has 4 nitrogen and oxygen atoms in total. The molecule has 4 heteroatoms. The molecule has 1 aromatic heterocycles. The quantitative estimate of drug-likeness (QED) is 0.737. The van der Waals surface area contributed by atoms with E-state index < -0.39 is 0 Å². The van der Waals surface area contributed by atoms with Crippen LogP contribution in [-0.2, 0) is 0 Å². The van der Waals surface area contributed by atoms with Gasteiger partial charge in [0.15, 0.2) is 0 Å². The van der Waals surface area contributed by atoms with Crippen LogP contribution in [0.3, 0.4) is 0 Å². The zero-order chi connectivity index (χ0) is 9.68. The van der Waals surface area contributed by atoms with E-state index in [0.717, 1.165) is 5.69 Å². The second-order valence-electron chi connectivity index (χ2n) is 2.52. The predicted octanol–water partition coefficient (Wildman–Crippen LogP) is 0.633. The maximum absolute atomic E-state index is 8.63. The molecule has 13 heavy (non-hydrogen) atoms. The molecular formula is C9H10N2O2. The third-order valence-electron chi connectivity index (χ3n) is 1.40. The van der Waals surface area contributed by atoms with Crippen LogP contribution in [-0.4, -0.2) is 23.3 Å². The average molecular weight is 178 g/mol. The fourth-order valence-electron chi connectivity index (χ4n) is 0.927. The number of ether oxygens (including phenoxy) is 1. The zero-order valence-electron chi connectivity index (χ0n) is 7.32. The van der Waals surface area contributed by atoms with Crippen molar-refractivity contribution in [3.8, 4) is 11.9 Å². The van der Waals surface area contributed by atoms with E-state index in [-0.39, 0.29) is 13.2 Å². The van der Waals surface area contributed by atoms with E-state index in [9.17, 15) is 0 Å². The van der Waals surface area contributed by atoms with Gasteiger partial charge in [0.2, 0.25) is 5.88 Å². The molecule has 0 saturated carbocycles. The second kappa shape index (κ2) is 4.43. The van der Waals surface area contributed by atoms with Gasteiger partial charge in [0, 0.05) is 11.8 Å². The molecule has 1 N–H and O–H groups in total. The standard InChI is InChI=1S/C9H10N2O2/c1-7-4-8(6-10)5-9(11-7)13-3-2-12/h4-5,12H,2-3H2,1H3. The molecule has 68 valence electrons. The Morgan fingerprint density at radius 1 is 1.62 bits per heavy atom. The average Bonchev–Trinajstić information content (AvgIpc) is 2.14. The molecule has 0 saturated heterocycles. The molecule has 0 aliphatic rings. The monoisotopic (exact) mass is 178 g/mol. The highest BCUT2D eigenvalue weighted by Gasteiger charge is 1.99. The first-order chi connectivity index (χ1) is 6.26. The maximum atomic E-state index is 8.63. The molecule has 0 amide bonds. The van der Waals surface area contributed by atoms with Crippen molar-refractivity contribution in [2.75, 3.05) is 13.2 Å². The Morgan fingerprint density at radius 2 is 2.38 bits per heavy atom. The Morgan fingerprint density at radius 3 is 3.00 bits per heavy atom. The summed E-state index contributed by atoms with van der Waals surface area (Å²) in [4.78, 5) is 4.03. The fraction of sp³-hybridized carbons (Fsp3) is 0.333. The molecule has 0 unspecified atom stereocenters. The minimum atomic E-state index is -0.0580. The van der Waals surface area contributed by atoms with Crippen molar-refractivity contribution >= 4 is 0 Å². The van der Waals surface area contributed by atoms with Gasteiger partial charge >= 0.3 is 0 Å². The van der Waals surface area contributed by atoms with Gasteiger partial charge in [-0.1, -0.05) is 0 Å². The number of nitrogens with zero attached hydrogens (tertiary/aromatic N) is 2. The van der Waals surface area contributed by atoms with Gasteiger partial charge in [-0.15, -0.1) is 0 Å². The molecular weight excluding hydrogens is 168 g/mol. The minimum absolute atomic E-state index is 0.0580. The van der Waals surface area contributed by atoms with E-state index in [1.54, 1.807) is 19.1 Å². The highest BCUT2D eigenvalue weighted by molar-refractivity contribution is 5.33. The second-order valence-corrected chi connectivity index (χ2v) is 2.52. The first-order valence-corrected chi connectivity index (χ1v) is 3.88. The van der Waals surface area contributed by atoms with Crippen LogP contribution in [0.5, 0.6) is 5.88 Å². The van der Waals surface area contributed by atoms with Crippen molar-refractivity contribution in [2.24, 2.45) is 0 Å². The summed E-state index contributed by atoms with van der Waals surface area (Å²) < 4.78 is 5.07. The summed E-state index contributed by atoms with van der Waals surface area (Å²) in [6.45, 7) is 1.92. The minimum Gasteiger partial charge on any atom is -0.475 e. The van der Waals surface area contributed by atoms with Gasteiger partial charge in [-0.2, -0.15) is 5.26 Å². The molecule has 0 aliphatic heterocycles. The third kappa shape index (κ3) is 2.73. The number of aryl methyl sites for hydroxylation is 1. The summed E-state index contributed by atoms with van der Waals surface area (Å²) in [5, 5.41) is 17.1. The van der Waals surface area contributed by atoms with Crippen molar-refractivity contribution in [3.05, 3.63) is 23.4 Å². The molecule has 0 fully saturated rings. The van der Waals surface area contributed by atoms with Crippen molar-refractivity contribution in [2.45, 2.75) is 6.92 Å². The molecule has 0 aromatic carbocycles. The zero-order valence-corrected chi connectivity index (χ0v) is 7.32. The van der Waals surface area contributed by atoms with Crippen LogP contribution in [0.15, 0.2) is 12.1 Å². The fourth-order valence-corrected chi connectivity index (χ4v) is 0.927. The van der Waals surface area contributed by atoms with Crippen LogP contribution in [0.1, 0.15) is 11.3 Å². The van der Waals surface area contributed by atoms with Gasteiger partial charge in [-0.3, -0.25) is 0 Å². The van der Waals surface area contributed by atoms with Crippen molar-refractivity contribution < 1.29 is 9.84 Å². The summed E-state index contributed by atoms with van der Waals surface area (Å²) in [6, 6.07) is 5.22. The number of aliphatic hydroxyl groups is 1. The summed E-state index contributed by atoms with van der Waals surface area (Å²) in [5.41, 5.74) is 1.24. The van der Waals surface area contributed by atoms with Gasteiger partial charge in [0.05, 0.1) is 18.2 Å². The molecule has 0 atom stereocenters. The number of pyridine rings is 1. The molecule has 0 bridgehead atoms. The van der Waals surface area contributed by atoms with Crippen LogP contribution in [0, 0.1) is 18.3 Å². The van der Waals surface area contributed by atoms with E-state index >= 15 is 0 Å². The van der Waals surface area contributed by atoms with Gasteiger partial charge < -0.3 is 9.84 Å². The van der Waals surface area contributed by atoms with Crippen LogP contribution in [0.2, 0.25) is 0 Å². The van der Waals surface area contributed by atoms with Gasteiger partial charge in [-0.05, 0) is 13.0 Å². The lowest BCUT2D eigenvalue weighted by molar-refractivity contribution is 0.196. The molecule has 1 rings (SSSR count). The molecule has 1 heterocycles. The third-order valence-corrected chi connectivity index (χ3v) is 1.40. The Kier molecular flexibility index (Phi) is 3.23. The number of aromatic nitrogens is 1. The van der Waals surface area contributed by atoms with Crippen molar-refractivity contribution in [1.29, 1.82) is 5.26 Å². The number of aliphatic hydroxyl groups excluding tert-OH is 1. The van der Waals surface area contributed by atoms with E-state index in [0.29, 0.717) is 11.4 Å². The van der Waals surface area contributed by atoms with Crippen molar-refractivity contribution in [3.63, 3.8) is 0 Å². The highest BCUT2D eigenvalue weighted by Crippen LogP contribution is 2.10. The Labute approximate surface area is 76.4 Å². The van der Waals surface area contributed by atoms with E-state index in [2.05, 4.69) is 4.98 Å². The SMILES string of the molecule is Cc1cc(C#N)cc(OCCO)n1. The van der Waals surface area contributed by atoms with Crippen LogP contribution >= 0.6 is 0 Å². The van der Waals surface area contributed by atoms with Crippen LogP contribution < -0.4 is 4.74 Å². The van der Waals surface area contributed by atoms with E-state index in [1.165, 1.54) is 0 Å². The largest absolute Gasteiger partial charge is 0.475 e. The smallest absolute Gasteiger partial charge is 0.214 e. The molecule has 1 aromatic rings. The predicted molar refractivity (Wildman–Crippen MR) is 46.3 cm³/mol. The highest BCUT2D eigenvalue weighted by atomic mass is 16.5. The Balaban J connectivity index is 2.83. The van der Waals surface area contributed by atoms with Gasteiger partial charge in [0.1, 0.15) is 6.61 Å². The Hall–Kier alpha value is -1.60. The number of hydrogen-bond acceptors (Lipinski definition) is 4. The number of nitriles is 1.